The highest BCUT2D eigenvalue weighted by Gasteiger charge is 2.31. The molecule has 1 amide bonds. The zero-order valence-corrected chi connectivity index (χ0v) is 16.1. The zero-order valence-electron chi connectivity index (χ0n) is 16.1. The van der Waals surface area contributed by atoms with E-state index >= 15 is 0 Å². The van der Waals surface area contributed by atoms with E-state index in [1.165, 1.54) is 6.07 Å². The van der Waals surface area contributed by atoms with E-state index in [1.54, 1.807) is 11.8 Å². The average Bonchev–Trinajstić information content (AvgIpc) is 2.87. The summed E-state index contributed by atoms with van der Waals surface area (Å²) in [6.45, 7) is 7.74. The van der Waals surface area contributed by atoms with E-state index < -0.39 is 11.7 Å². The predicted octanol–water partition coefficient (Wildman–Crippen LogP) is 3.87. The van der Waals surface area contributed by atoms with Gasteiger partial charge in [0, 0.05) is 38.3 Å². The predicted molar refractivity (Wildman–Crippen MR) is 97.3 cm³/mol. The van der Waals surface area contributed by atoms with Crippen LogP contribution in [0.5, 0.6) is 0 Å². The second-order valence-corrected chi connectivity index (χ2v) is 7.20. The maximum absolute atomic E-state index is 13.0. The van der Waals surface area contributed by atoms with Crippen molar-refractivity contribution in [3.05, 3.63) is 40.9 Å². The van der Waals surface area contributed by atoms with Crippen molar-refractivity contribution >= 4 is 11.7 Å². The molecule has 3 heterocycles. The number of alkyl halides is 3. The first-order chi connectivity index (χ1) is 13.2. The van der Waals surface area contributed by atoms with E-state index in [1.807, 2.05) is 18.7 Å². The van der Waals surface area contributed by atoms with Crippen molar-refractivity contribution < 1.29 is 22.5 Å². The normalized spacial score (nSPS) is 15.8. The number of aryl methyl sites for hydroxylation is 1. The van der Waals surface area contributed by atoms with E-state index in [-0.39, 0.29) is 11.8 Å². The number of halogens is 3. The molecule has 9 heteroatoms. The van der Waals surface area contributed by atoms with Crippen molar-refractivity contribution in [1.82, 2.24) is 15.0 Å². The smallest absolute Gasteiger partial charge is 0.360 e. The van der Waals surface area contributed by atoms with Gasteiger partial charge in [-0.2, -0.15) is 13.2 Å². The van der Waals surface area contributed by atoms with Crippen LogP contribution in [0.25, 0.3) is 0 Å². The Morgan fingerprint density at radius 3 is 2.54 bits per heavy atom. The first-order valence-corrected chi connectivity index (χ1v) is 9.22. The standard InChI is InChI=1S/C19H23F3N4O2/c1-12(2)17-16(13(3)24-28-17)18(27)26-8-4-7-25(9-10-26)15-6-5-14(11-23-15)19(20,21)22/h5-6,11-12H,4,7-10H2,1-3H3. The number of carbonyl (C=O) groups excluding carboxylic acids is 1. The molecule has 6 nitrogen and oxygen atoms in total. The van der Waals surface area contributed by atoms with Gasteiger partial charge >= 0.3 is 6.18 Å². The van der Waals surface area contributed by atoms with Crippen LogP contribution in [0.4, 0.5) is 19.0 Å². The number of hydrogen-bond acceptors (Lipinski definition) is 5. The van der Waals surface area contributed by atoms with Crippen LogP contribution in [0.1, 0.15) is 53.6 Å². The van der Waals surface area contributed by atoms with Crippen molar-refractivity contribution in [1.29, 1.82) is 0 Å². The Bertz CT molecular complexity index is 831. The molecule has 0 aliphatic carbocycles. The van der Waals surface area contributed by atoms with Gasteiger partial charge in [0.25, 0.3) is 5.91 Å². The number of pyridine rings is 1. The molecule has 3 rings (SSSR count). The Hall–Kier alpha value is -2.58. The van der Waals surface area contributed by atoms with Crippen LogP contribution in [0, 0.1) is 6.92 Å². The van der Waals surface area contributed by atoms with Crippen LogP contribution < -0.4 is 4.90 Å². The summed E-state index contributed by atoms with van der Waals surface area (Å²) in [4.78, 5) is 20.6. The minimum Gasteiger partial charge on any atom is -0.360 e. The third kappa shape index (κ3) is 4.13. The Morgan fingerprint density at radius 2 is 1.93 bits per heavy atom. The molecule has 1 aliphatic heterocycles. The van der Waals surface area contributed by atoms with Gasteiger partial charge in [-0.1, -0.05) is 19.0 Å². The Balaban J connectivity index is 1.72. The highest BCUT2D eigenvalue weighted by molar-refractivity contribution is 5.96. The molecule has 0 bridgehead atoms. The fraction of sp³-hybridized carbons (Fsp3) is 0.526. The lowest BCUT2D eigenvalue weighted by atomic mass is 10.0. The minimum absolute atomic E-state index is 0.0416. The zero-order chi connectivity index (χ0) is 20.5. The third-order valence-corrected chi connectivity index (χ3v) is 4.81. The van der Waals surface area contributed by atoms with Crippen molar-refractivity contribution in [3.8, 4) is 0 Å². The highest BCUT2D eigenvalue weighted by atomic mass is 19.4. The van der Waals surface area contributed by atoms with E-state index in [9.17, 15) is 18.0 Å². The van der Waals surface area contributed by atoms with Crippen LogP contribution in [-0.4, -0.2) is 47.1 Å². The average molecular weight is 396 g/mol. The van der Waals surface area contributed by atoms with Gasteiger partial charge in [-0.15, -0.1) is 0 Å². The van der Waals surface area contributed by atoms with Crippen molar-refractivity contribution in [2.75, 3.05) is 31.1 Å². The summed E-state index contributed by atoms with van der Waals surface area (Å²) in [7, 11) is 0. The van der Waals surface area contributed by atoms with Crippen LogP contribution in [0.3, 0.4) is 0 Å². The molecule has 2 aromatic heterocycles. The van der Waals surface area contributed by atoms with Crippen LogP contribution >= 0.6 is 0 Å². The molecule has 152 valence electrons. The minimum atomic E-state index is -4.40. The van der Waals surface area contributed by atoms with Gasteiger partial charge in [0.2, 0.25) is 0 Å². The fourth-order valence-electron chi connectivity index (χ4n) is 3.29. The number of amides is 1. The largest absolute Gasteiger partial charge is 0.417 e. The van der Waals surface area contributed by atoms with Gasteiger partial charge in [0.05, 0.1) is 11.3 Å². The van der Waals surface area contributed by atoms with Gasteiger partial charge < -0.3 is 14.3 Å². The van der Waals surface area contributed by atoms with E-state index in [2.05, 4.69) is 10.1 Å². The molecular formula is C19H23F3N4O2. The van der Waals surface area contributed by atoms with E-state index in [0.29, 0.717) is 55.4 Å². The number of carbonyl (C=O) groups is 1. The first-order valence-electron chi connectivity index (χ1n) is 9.22. The van der Waals surface area contributed by atoms with Crippen molar-refractivity contribution in [2.24, 2.45) is 0 Å². The summed E-state index contributed by atoms with van der Waals surface area (Å²) in [5, 5.41) is 3.93. The molecule has 0 radical (unpaired) electrons. The SMILES string of the molecule is Cc1noc(C(C)C)c1C(=O)N1CCCN(c2ccc(C(F)(F)F)cn2)CC1. The van der Waals surface area contributed by atoms with Gasteiger partial charge in [-0.25, -0.2) is 4.98 Å². The fourth-order valence-corrected chi connectivity index (χ4v) is 3.29. The van der Waals surface area contributed by atoms with E-state index in [4.69, 9.17) is 4.52 Å². The molecule has 28 heavy (non-hydrogen) atoms. The molecule has 0 N–H and O–H groups in total. The molecule has 0 saturated carbocycles. The molecular weight excluding hydrogens is 373 g/mol. The van der Waals surface area contributed by atoms with Crippen LogP contribution in [-0.2, 0) is 6.18 Å². The van der Waals surface area contributed by atoms with Crippen molar-refractivity contribution in [3.63, 3.8) is 0 Å². The number of hydrogen-bond donors (Lipinski definition) is 0. The van der Waals surface area contributed by atoms with Gasteiger partial charge in [-0.3, -0.25) is 4.79 Å². The van der Waals surface area contributed by atoms with Gasteiger partial charge in [-0.05, 0) is 25.5 Å². The monoisotopic (exact) mass is 396 g/mol. The molecule has 0 spiro atoms. The molecule has 0 aromatic carbocycles. The second-order valence-electron chi connectivity index (χ2n) is 7.20. The topological polar surface area (TPSA) is 62.5 Å². The second kappa shape index (κ2) is 7.81. The number of anilines is 1. The number of aromatic nitrogens is 2. The maximum atomic E-state index is 13.0. The Morgan fingerprint density at radius 1 is 1.18 bits per heavy atom. The lowest BCUT2D eigenvalue weighted by molar-refractivity contribution is -0.137. The van der Waals surface area contributed by atoms with Crippen molar-refractivity contribution in [2.45, 2.75) is 39.3 Å². The molecule has 0 atom stereocenters. The maximum Gasteiger partial charge on any atom is 0.417 e. The molecule has 1 saturated heterocycles. The summed E-state index contributed by atoms with van der Waals surface area (Å²) in [6.07, 6.45) is -2.87. The quantitative estimate of drug-likeness (QED) is 0.788. The van der Waals surface area contributed by atoms with Crippen LogP contribution in [0.2, 0.25) is 0 Å². The molecule has 1 aliphatic rings. The summed E-state index contributed by atoms with van der Waals surface area (Å²) in [5.74, 6) is 0.976. The van der Waals surface area contributed by atoms with Gasteiger partial charge in [0.15, 0.2) is 5.76 Å². The lowest BCUT2D eigenvalue weighted by Crippen LogP contribution is -2.36. The number of rotatable bonds is 3. The third-order valence-electron chi connectivity index (χ3n) is 4.81. The highest BCUT2D eigenvalue weighted by Crippen LogP contribution is 2.29. The molecule has 2 aromatic rings. The molecule has 1 fully saturated rings. The summed E-state index contributed by atoms with van der Waals surface area (Å²) in [5.41, 5.74) is 0.308. The Labute approximate surface area is 161 Å². The van der Waals surface area contributed by atoms with Crippen LogP contribution in [0.15, 0.2) is 22.9 Å². The molecule has 0 unspecified atom stereocenters. The summed E-state index contributed by atoms with van der Waals surface area (Å²) in [6, 6.07) is 2.41. The van der Waals surface area contributed by atoms with Gasteiger partial charge in [0.1, 0.15) is 11.4 Å². The number of nitrogens with zero attached hydrogens (tertiary/aromatic N) is 4. The first kappa shape index (κ1) is 20.2. The summed E-state index contributed by atoms with van der Waals surface area (Å²) >= 11 is 0. The van der Waals surface area contributed by atoms with E-state index in [0.717, 1.165) is 12.3 Å². The lowest BCUT2D eigenvalue weighted by Gasteiger charge is -2.23. The Kier molecular flexibility index (Phi) is 5.62. The summed E-state index contributed by atoms with van der Waals surface area (Å²) < 4.78 is 43.5.